The average molecular weight is 442 g/mol. The Hall–Kier alpha value is -3.53. The number of hydrogen-bond acceptors (Lipinski definition) is 8. The smallest absolute Gasteiger partial charge is 0.348 e. The molecule has 0 radical (unpaired) electrons. The van der Waals surface area contributed by atoms with E-state index in [1.807, 2.05) is 0 Å². The summed E-state index contributed by atoms with van der Waals surface area (Å²) >= 11 is 1.16. The molecule has 2 aromatic heterocycles. The lowest BCUT2D eigenvalue weighted by atomic mass is 10.1. The van der Waals surface area contributed by atoms with Crippen LogP contribution in [0, 0.1) is 13.8 Å². The molecule has 9 nitrogen and oxygen atoms in total. The first kappa shape index (κ1) is 22.2. The molecule has 0 fully saturated rings. The van der Waals surface area contributed by atoms with Gasteiger partial charge in [0.1, 0.15) is 4.88 Å². The van der Waals surface area contributed by atoms with Crippen LogP contribution in [0.2, 0.25) is 0 Å². The van der Waals surface area contributed by atoms with Gasteiger partial charge in [0.05, 0.1) is 11.6 Å². The summed E-state index contributed by atoms with van der Waals surface area (Å²) in [7, 11) is 0. The number of esters is 1. The number of nitrogens with one attached hydrogen (secondary N) is 2. The molecule has 2 N–H and O–H groups in total. The molecule has 0 bridgehead atoms. The van der Waals surface area contributed by atoms with E-state index in [1.165, 1.54) is 0 Å². The maximum atomic E-state index is 12.4. The van der Waals surface area contributed by atoms with E-state index in [4.69, 9.17) is 9.26 Å². The van der Waals surface area contributed by atoms with Crippen LogP contribution in [0.4, 0.5) is 5.00 Å². The maximum Gasteiger partial charge on any atom is 0.348 e. The van der Waals surface area contributed by atoms with Gasteiger partial charge in [-0.15, -0.1) is 11.3 Å². The average Bonchev–Trinajstić information content (AvgIpc) is 3.33. The fourth-order valence-corrected chi connectivity index (χ4v) is 3.73. The summed E-state index contributed by atoms with van der Waals surface area (Å²) in [6.45, 7) is 5.65. The Morgan fingerprint density at radius 3 is 2.71 bits per heavy atom. The quantitative estimate of drug-likeness (QED) is 0.513. The maximum absolute atomic E-state index is 12.4. The molecule has 0 unspecified atom stereocenters. The van der Waals surface area contributed by atoms with Gasteiger partial charge in [-0.05, 0) is 37.6 Å². The molecule has 0 aliphatic rings. The van der Waals surface area contributed by atoms with Crippen molar-refractivity contribution in [1.29, 1.82) is 0 Å². The lowest BCUT2D eigenvalue weighted by Gasteiger charge is -2.06. The number of thiophene rings is 1. The third-order valence-electron chi connectivity index (χ3n) is 4.19. The van der Waals surface area contributed by atoms with Crippen molar-refractivity contribution < 1.29 is 23.6 Å². The number of rotatable bonds is 8. The van der Waals surface area contributed by atoms with Crippen molar-refractivity contribution in [2.45, 2.75) is 27.2 Å². The van der Waals surface area contributed by atoms with Gasteiger partial charge in [-0.3, -0.25) is 9.59 Å². The van der Waals surface area contributed by atoms with Crippen molar-refractivity contribution in [2.24, 2.45) is 0 Å². The van der Waals surface area contributed by atoms with Gasteiger partial charge in [0.15, 0.2) is 0 Å². The predicted octanol–water partition coefficient (Wildman–Crippen LogP) is 3.35. The lowest BCUT2D eigenvalue weighted by molar-refractivity contribution is -0.116. The molecule has 0 saturated carbocycles. The molecular weight excluding hydrogens is 420 g/mol. The number of nitrogens with zero attached hydrogens (tertiary/aromatic N) is 2. The predicted molar refractivity (Wildman–Crippen MR) is 115 cm³/mol. The van der Waals surface area contributed by atoms with Crippen LogP contribution in [-0.2, 0) is 9.53 Å². The first-order valence-electron chi connectivity index (χ1n) is 9.63. The van der Waals surface area contributed by atoms with Crippen molar-refractivity contribution in [2.75, 3.05) is 18.5 Å². The Labute approximate surface area is 182 Å². The summed E-state index contributed by atoms with van der Waals surface area (Å²) in [5.41, 5.74) is 1.82. The fourth-order valence-electron chi connectivity index (χ4n) is 2.75. The van der Waals surface area contributed by atoms with Crippen LogP contribution in [0.1, 0.15) is 44.8 Å². The number of carbonyl (C=O) groups is 3. The van der Waals surface area contributed by atoms with Crippen LogP contribution in [0.15, 0.2) is 34.9 Å². The molecule has 10 heteroatoms. The van der Waals surface area contributed by atoms with Crippen LogP contribution < -0.4 is 10.6 Å². The van der Waals surface area contributed by atoms with E-state index in [9.17, 15) is 14.4 Å². The van der Waals surface area contributed by atoms with Crippen LogP contribution in [-0.4, -0.2) is 41.1 Å². The van der Waals surface area contributed by atoms with Crippen LogP contribution in [0.25, 0.3) is 11.4 Å². The molecule has 1 aromatic carbocycles. The molecule has 0 spiro atoms. The second kappa shape index (κ2) is 9.98. The Bertz CT molecular complexity index is 1100. The van der Waals surface area contributed by atoms with Crippen molar-refractivity contribution in [3.05, 3.63) is 52.2 Å². The van der Waals surface area contributed by atoms with Gasteiger partial charge in [0, 0.05) is 31.0 Å². The molecule has 0 aliphatic carbocycles. The highest BCUT2D eigenvalue weighted by molar-refractivity contribution is 7.18. The van der Waals surface area contributed by atoms with Crippen LogP contribution in [0.3, 0.4) is 0 Å². The summed E-state index contributed by atoms with van der Waals surface area (Å²) in [4.78, 5) is 41.1. The molecule has 162 valence electrons. The van der Waals surface area contributed by atoms with Gasteiger partial charge in [-0.1, -0.05) is 17.3 Å². The van der Waals surface area contributed by atoms with E-state index in [0.717, 1.165) is 16.9 Å². The van der Waals surface area contributed by atoms with E-state index in [-0.39, 0.29) is 31.4 Å². The zero-order valence-corrected chi connectivity index (χ0v) is 18.2. The Morgan fingerprint density at radius 1 is 1.19 bits per heavy atom. The van der Waals surface area contributed by atoms with E-state index in [2.05, 4.69) is 20.8 Å². The van der Waals surface area contributed by atoms with E-state index < -0.39 is 5.97 Å². The third-order valence-corrected chi connectivity index (χ3v) is 5.32. The van der Waals surface area contributed by atoms with Gasteiger partial charge >= 0.3 is 5.97 Å². The number of aryl methyl sites for hydroxylation is 2. The molecule has 0 aliphatic heterocycles. The summed E-state index contributed by atoms with van der Waals surface area (Å²) in [5.74, 6) is -0.151. The van der Waals surface area contributed by atoms with Gasteiger partial charge in [-0.2, -0.15) is 4.98 Å². The minimum Gasteiger partial charge on any atom is -0.462 e. The van der Waals surface area contributed by atoms with Gasteiger partial charge in [0.2, 0.25) is 17.6 Å². The minimum absolute atomic E-state index is 0.0845. The third kappa shape index (κ3) is 5.76. The Kier molecular flexibility index (Phi) is 7.14. The van der Waals surface area contributed by atoms with Gasteiger partial charge in [0.25, 0.3) is 5.91 Å². The second-order valence-corrected chi connectivity index (χ2v) is 7.67. The largest absolute Gasteiger partial charge is 0.462 e. The SMILES string of the molecule is CCOC(=O)c1sc(NC(=O)CCNC(=O)c2cccc(-c3noc(C)n3)c2)cc1C. The van der Waals surface area contributed by atoms with Crippen molar-refractivity contribution in [1.82, 2.24) is 15.5 Å². The molecule has 3 aromatic rings. The summed E-state index contributed by atoms with van der Waals surface area (Å²) in [5, 5.41) is 9.85. The van der Waals surface area contributed by atoms with E-state index in [0.29, 0.717) is 32.7 Å². The lowest BCUT2D eigenvalue weighted by Crippen LogP contribution is -2.27. The normalized spacial score (nSPS) is 10.5. The number of hydrogen-bond donors (Lipinski definition) is 2. The molecule has 31 heavy (non-hydrogen) atoms. The molecule has 2 heterocycles. The number of ether oxygens (including phenoxy) is 1. The molecule has 0 saturated heterocycles. The molecule has 2 amide bonds. The first-order valence-corrected chi connectivity index (χ1v) is 10.5. The zero-order valence-electron chi connectivity index (χ0n) is 17.4. The van der Waals surface area contributed by atoms with Gasteiger partial charge in [-0.25, -0.2) is 4.79 Å². The zero-order chi connectivity index (χ0) is 22.4. The number of benzene rings is 1. The standard InChI is InChI=1S/C21H22N4O5S/c1-4-29-21(28)18-12(2)10-17(31-18)24-16(26)8-9-22-20(27)15-7-5-6-14(11-15)19-23-13(3)30-25-19/h5-7,10-11H,4,8-9H2,1-3H3,(H,22,27)(H,24,26). The number of amides is 2. The summed E-state index contributed by atoms with van der Waals surface area (Å²) < 4.78 is 9.96. The highest BCUT2D eigenvalue weighted by atomic mass is 32.1. The van der Waals surface area contributed by atoms with Crippen molar-refractivity contribution >= 4 is 34.1 Å². The fraction of sp³-hybridized carbons (Fsp3) is 0.286. The highest BCUT2D eigenvalue weighted by Crippen LogP contribution is 2.27. The Balaban J connectivity index is 1.51. The number of carbonyl (C=O) groups excluding carboxylic acids is 3. The molecular formula is C21H22N4O5S. The summed E-state index contributed by atoms with van der Waals surface area (Å²) in [6, 6.07) is 8.55. The molecule has 0 atom stereocenters. The minimum atomic E-state index is -0.407. The van der Waals surface area contributed by atoms with E-state index in [1.54, 1.807) is 51.1 Å². The topological polar surface area (TPSA) is 123 Å². The number of anilines is 1. The number of aromatic nitrogens is 2. The first-order chi connectivity index (χ1) is 14.9. The summed E-state index contributed by atoms with van der Waals surface area (Å²) in [6.07, 6.45) is 0.0845. The van der Waals surface area contributed by atoms with Crippen LogP contribution >= 0.6 is 11.3 Å². The molecule has 3 rings (SSSR count). The Morgan fingerprint density at radius 2 is 2.00 bits per heavy atom. The van der Waals surface area contributed by atoms with E-state index >= 15 is 0 Å². The monoisotopic (exact) mass is 442 g/mol. The highest BCUT2D eigenvalue weighted by Gasteiger charge is 2.16. The van der Waals surface area contributed by atoms with Crippen molar-refractivity contribution in [3.63, 3.8) is 0 Å². The van der Waals surface area contributed by atoms with Crippen LogP contribution in [0.5, 0.6) is 0 Å². The van der Waals surface area contributed by atoms with Crippen molar-refractivity contribution in [3.8, 4) is 11.4 Å². The second-order valence-electron chi connectivity index (χ2n) is 6.62. The van der Waals surface area contributed by atoms with Gasteiger partial charge < -0.3 is 19.9 Å².